The summed E-state index contributed by atoms with van der Waals surface area (Å²) >= 11 is 0. The van der Waals surface area contributed by atoms with Crippen LogP contribution in [0.1, 0.15) is 70.7 Å². The SMILES string of the molecule is CC(=O)c1cc(-c2cnc(N3CC4(COC4)C3)nc2[C@@H](CC(=O)Cn2nc(C(F)(F)F)c3c2C(F)(F)CCC3(F)F)Cc2cc(F)cc(F)c2)ccc1F. The fourth-order valence-corrected chi connectivity index (χ4v) is 7.35. The normalized spacial score (nSPS) is 18.8. The van der Waals surface area contributed by atoms with Crippen LogP contribution in [0.15, 0.2) is 42.6 Å². The van der Waals surface area contributed by atoms with E-state index in [1.807, 2.05) is 0 Å². The molecular weight excluding hydrogens is 740 g/mol. The second-order valence-electron chi connectivity index (χ2n) is 14.1. The molecule has 0 amide bonds. The zero-order valence-corrected chi connectivity index (χ0v) is 28.2. The Morgan fingerprint density at radius 1 is 0.944 bits per heavy atom. The Bertz CT molecular complexity index is 2140. The Kier molecular flexibility index (Phi) is 9.13. The van der Waals surface area contributed by atoms with Crippen molar-refractivity contribution in [1.29, 1.82) is 0 Å². The van der Waals surface area contributed by atoms with Crippen molar-refractivity contribution in [3.63, 3.8) is 0 Å². The topological polar surface area (TPSA) is 90.2 Å². The first-order valence-corrected chi connectivity index (χ1v) is 16.7. The minimum absolute atomic E-state index is 0.00327. The quantitative estimate of drug-likeness (QED) is 0.120. The van der Waals surface area contributed by atoms with E-state index in [0.717, 1.165) is 25.1 Å². The van der Waals surface area contributed by atoms with Gasteiger partial charge in [0.15, 0.2) is 17.3 Å². The van der Waals surface area contributed by atoms with E-state index in [0.29, 0.717) is 32.4 Å². The molecule has 4 heterocycles. The van der Waals surface area contributed by atoms with Crippen LogP contribution in [-0.4, -0.2) is 57.6 Å². The van der Waals surface area contributed by atoms with Crippen molar-refractivity contribution in [2.45, 2.75) is 63.1 Å². The number of hydrogen-bond donors (Lipinski definition) is 0. The number of rotatable bonds is 10. The highest BCUT2D eigenvalue weighted by molar-refractivity contribution is 5.95. The fourth-order valence-electron chi connectivity index (χ4n) is 7.35. The monoisotopic (exact) mass is 769 g/mol. The van der Waals surface area contributed by atoms with Crippen LogP contribution in [0.25, 0.3) is 11.1 Å². The van der Waals surface area contributed by atoms with E-state index in [1.165, 1.54) is 18.3 Å². The highest BCUT2D eigenvalue weighted by Gasteiger charge is 2.58. The first-order chi connectivity index (χ1) is 25.2. The van der Waals surface area contributed by atoms with Crippen LogP contribution < -0.4 is 4.90 Å². The van der Waals surface area contributed by atoms with Crippen molar-refractivity contribution in [2.75, 3.05) is 31.2 Å². The minimum Gasteiger partial charge on any atom is -0.380 e. The largest absolute Gasteiger partial charge is 0.435 e. The molecule has 2 aromatic carbocycles. The molecule has 2 aliphatic heterocycles. The van der Waals surface area contributed by atoms with Crippen molar-refractivity contribution >= 4 is 17.5 Å². The molecule has 1 aliphatic carbocycles. The van der Waals surface area contributed by atoms with Crippen LogP contribution in [0.3, 0.4) is 0 Å². The first kappa shape index (κ1) is 37.4. The first-order valence-electron chi connectivity index (χ1n) is 16.7. The van der Waals surface area contributed by atoms with Crippen LogP contribution in [0.2, 0.25) is 0 Å². The lowest BCUT2D eigenvalue weighted by Gasteiger charge is -2.54. The molecule has 2 fully saturated rings. The molecule has 0 bridgehead atoms. The Balaban J connectivity index is 1.33. The highest BCUT2D eigenvalue weighted by atomic mass is 19.4. The van der Waals surface area contributed by atoms with E-state index in [4.69, 9.17) is 9.72 Å². The van der Waals surface area contributed by atoms with Gasteiger partial charge in [-0.1, -0.05) is 6.07 Å². The standard InChI is InChI=1S/C36H29F10N5O3/c1-18(52)25-10-20(2-3-27(25)39)26-12-47-32(50-14-33(15-50)16-54-17-33)48-29(26)21(6-19-7-22(37)11-23(38)8-19)9-24(53)13-51-31-28(30(49-51)36(44,45)46)34(40,41)4-5-35(31,42)43/h2-3,7-8,10-12,21H,4-6,9,13-17H2,1H3/t21-/m1/s1. The summed E-state index contributed by atoms with van der Waals surface area (Å²) < 4.78 is 150. The van der Waals surface area contributed by atoms with E-state index < -0.39 is 95.7 Å². The molecule has 54 heavy (non-hydrogen) atoms. The van der Waals surface area contributed by atoms with Gasteiger partial charge >= 0.3 is 6.18 Å². The maximum Gasteiger partial charge on any atom is 0.435 e. The van der Waals surface area contributed by atoms with E-state index in [2.05, 4.69) is 10.1 Å². The summed E-state index contributed by atoms with van der Waals surface area (Å²) in [5, 5.41) is 3.07. The molecule has 2 aromatic heterocycles. The number of Topliss-reactive ketones (excluding diaryl/α,β-unsaturated/α-hetero) is 2. The second kappa shape index (κ2) is 13.2. The number of nitrogens with zero attached hydrogens (tertiary/aromatic N) is 5. The van der Waals surface area contributed by atoms with Crippen LogP contribution in [0.4, 0.5) is 49.9 Å². The van der Waals surface area contributed by atoms with Crippen molar-refractivity contribution in [2.24, 2.45) is 5.41 Å². The number of fused-ring (bicyclic) bond motifs is 1. The van der Waals surface area contributed by atoms with Gasteiger partial charge in [0, 0.05) is 56.1 Å². The number of ketones is 2. The van der Waals surface area contributed by atoms with Gasteiger partial charge < -0.3 is 9.64 Å². The average molecular weight is 770 g/mol. The fraction of sp³-hybridized carbons (Fsp3) is 0.417. The number of ether oxygens (including phenoxy) is 1. The number of anilines is 1. The third kappa shape index (κ3) is 6.95. The molecule has 0 unspecified atom stereocenters. The summed E-state index contributed by atoms with van der Waals surface area (Å²) in [6, 6.07) is 6.04. The number of carbonyl (C=O) groups excluding carboxylic acids is 2. The van der Waals surface area contributed by atoms with Crippen molar-refractivity contribution in [3.8, 4) is 11.1 Å². The molecule has 0 saturated carbocycles. The number of hydrogen-bond acceptors (Lipinski definition) is 7. The number of carbonyl (C=O) groups is 2. The number of alkyl halides is 7. The third-order valence-corrected chi connectivity index (χ3v) is 9.89. The molecular formula is C36H29F10N5O3. The summed E-state index contributed by atoms with van der Waals surface area (Å²) in [6.07, 6.45) is -8.42. The van der Waals surface area contributed by atoms with Gasteiger partial charge in [0.2, 0.25) is 5.95 Å². The van der Waals surface area contributed by atoms with Crippen LogP contribution in [0.5, 0.6) is 0 Å². The number of aromatic nitrogens is 4. The lowest BCUT2D eigenvalue weighted by Crippen LogP contribution is -2.66. The van der Waals surface area contributed by atoms with E-state index >= 15 is 8.78 Å². The molecule has 3 aliphatic rings. The predicted octanol–water partition coefficient (Wildman–Crippen LogP) is 7.78. The van der Waals surface area contributed by atoms with Crippen LogP contribution in [0, 0.1) is 22.9 Å². The zero-order chi connectivity index (χ0) is 39.0. The molecule has 2 saturated heterocycles. The Hall–Kier alpha value is -4.87. The van der Waals surface area contributed by atoms with Gasteiger partial charge in [0.1, 0.15) is 29.7 Å². The van der Waals surface area contributed by atoms with Gasteiger partial charge in [-0.2, -0.15) is 27.1 Å². The van der Waals surface area contributed by atoms with Crippen molar-refractivity contribution in [1.82, 2.24) is 19.7 Å². The predicted molar refractivity (Wildman–Crippen MR) is 170 cm³/mol. The highest BCUT2D eigenvalue weighted by Crippen LogP contribution is 2.53. The molecule has 8 nitrogen and oxygen atoms in total. The van der Waals surface area contributed by atoms with Gasteiger partial charge in [0.25, 0.3) is 11.8 Å². The van der Waals surface area contributed by atoms with E-state index in [-0.39, 0.29) is 50.4 Å². The summed E-state index contributed by atoms with van der Waals surface area (Å²) in [4.78, 5) is 37.0. The Morgan fingerprint density at radius 3 is 2.22 bits per heavy atom. The molecule has 1 atom stereocenters. The van der Waals surface area contributed by atoms with Crippen molar-refractivity contribution < 1.29 is 58.2 Å². The Morgan fingerprint density at radius 2 is 1.61 bits per heavy atom. The summed E-state index contributed by atoms with van der Waals surface area (Å²) in [7, 11) is 0. The van der Waals surface area contributed by atoms with E-state index in [9.17, 15) is 44.7 Å². The minimum atomic E-state index is -5.57. The smallest absolute Gasteiger partial charge is 0.380 e. The molecule has 286 valence electrons. The number of halogens is 10. The van der Waals surface area contributed by atoms with E-state index in [1.54, 1.807) is 4.90 Å². The second-order valence-corrected chi connectivity index (χ2v) is 14.1. The molecule has 7 rings (SSSR count). The van der Waals surface area contributed by atoms with Crippen LogP contribution >= 0.6 is 0 Å². The lowest BCUT2D eigenvalue weighted by molar-refractivity contribution is -0.149. The lowest BCUT2D eigenvalue weighted by atomic mass is 9.78. The summed E-state index contributed by atoms with van der Waals surface area (Å²) in [5.74, 6) is -14.1. The van der Waals surface area contributed by atoms with Gasteiger partial charge in [-0.05, 0) is 48.7 Å². The van der Waals surface area contributed by atoms with Gasteiger partial charge in [0.05, 0.1) is 35.4 Å². The maximum absolute atomic E-state index is 15.1. The molecule has 0 N–H and O–H groups in total. The molecule has 0 radical (unpaired) electrons. The summed E-state index contributed by atoms with van der Waals surface area (Å²) in [6.45, 7) is 1.80. The van der Waals surface area contributed by atoms with Crippen LogP contribution in [-0.2, 0) is 40.5 Å². The Labute approximate surface area is 300 Å². The molecule has 4 aromatic rings. The number of benzene rings is 2. The van der Waals surface area contributed by atoms with Crippen molar-refractivity contribution in [3.05, 3.63) is 93.8 Å². The van der Waals surface area contributed by atoms with Gasteiger partial charge in [-0.15, -0.1) is 0 Å². The summed E-state index contributed by atoms with van der Waals surface area (Å²) in [5.41, 5.74) is -6.06. The van der Waals surface area contributed by atoms with Gasteiger partial charge in [-0.3, -0.25) is 14.3 Å². The molecule has 1 spiro atoms. The molecule has 18 heteroatoms. The van der Waals surface area contributed by atoms with Gasteiger partial charge in [-0.25, -0.2) is 31.9 Å². The maximum atomic E-state index is 15.1. The zero-order valence-electron chi connectivity index (χ0n) is 28.2. The average Bonchev–Trinajstić information content (AvgIpc) is 3.44. The third-order valence-electron chi connectivity index (χ3n) is 9.89.